The number of carbonyl (C=O) groups excluding carboxylic acids is 1. The number of hydrogen-bond donors (Lipinski definition) is 3. The minimum atomic E-state index is -0.0616. The van der Waals surface area contributed by atoms with E-state index in [1.807, 2.05) is 6.07 Å². The van der Waals surface area contributed by atoms with Gasteiger partial charge in [0.25, 0.3) is 5.91 Å². The van der Waals surface area contributed by atoms with Crippen LogP contribution in [-0.4, -0.2) is 28.2 Å². The molecule has 0 radical (unpaired) electrons. The summed E-state index contributed by atoms with van der Waals surface area (Å²) in [5.41, 5.74) is 6.37. The summed E-state index contributed by atoms with van der Waals surface area (Å²) in [5.74, 6) is 0.799. The number of amides is 1. The van der Waals surface area contributed by atoms with Crippen molar-refractivity contribution in [1.82, 2.24) is 20.5 Å². The van der Waals surface area contributed by atoms with E-state index in [9.17, 15) is 4.79 Å². The van der Waals surface area contributed by atoms with Crippen LogP contribution in [0.1, 0.15) is 71.1 Å². The lowest BCUT2D eigenvalue weighted by molar-refractivity contribution is 0.0926. The molecule has 0 bridgehead atoms. The van der Waals surface area contributed by atoms with Crippen LogP contribution >= 0.6 is 0 Å². The van der Waals surface area contributed by atoms with E-state index >= 15 is 0 Å². The third kappa shape index (κ3) is 2.87. The van der Waals surface area contributed by atoms with Crippen LogP contribution in [0, 0.1) is 0 Å². The molecule has 1 aromatic carbocycles. The van der Waals surface area contributed by atoms with E-state index in [1.54, 1.807) is 7.11 Å². The topological polar surface area (TPSA) is 82.8 Å². The predicted octanol–water partition coefficient (Wildman–Crippen LogP) is 3.98. The van der Waals surface area contributed by atoms with Crippen molar-refractivity contribution in [3.63, 3.8) is 0 Å². The number of fused-ring (bicyclic) bond motifs is 4. The first-order valence-electron chi connectivity index (χ1n) is 10.3. The van der Waals surface area contributed by atoms with Gasteiger partial charge in [-0.3, -0.25) is 9.89 Å². The fourth-order valence-electron chi connectivity index (χ4n) is 4.79. The number of hydrogen-bond acceptors (Lipinski definition) is 3. The summed E-state index contributed by atoms with van der Waals surface area (Å²) >= 11 is 0. The molecule has 0 spiro atoms. The third-order valence-corrected chi connectivity index (χ3v) is 6.24. The molecule has 2 aliphatic carbocycles. The molecule has 2 aliphatic rings. The van der Waals surface area contributed by atoms with Crippen LogP contribution in [0.15, 0.2) is 18.2 Å². The van der Waals surface area contributed by atoms with E-state index in [4.69, 9.17) is 4.74 Å². The molecule has 3 N–H and O–H groups in total. The highest BCUT2D eigenvalue weighted by Gasteiger charge is 2.28. The van der Waals surface area contributed by atoms with Gasteiger partial charge >= 0.3 is 0 Å². The van der Waals surface area contributed by atoms with Crippen molar-refractivity contribution in [2.45, 2.75) is 57.4 Å². The molecule has 0 saturated carbocycles. The number of H-pyrrole nitrogens is 2. The summed E-state index contributed by atoms with van der Waals surface area (Å²) < 4.78 is 5.39. The Labute approximate surface area is 164 Å². The van der Waals surface area contributed by atoms with Gasteiger partial charge in [-0.15, -0.1) is 0 Å². The number of carbonyl (C=O) groups is 1. The Morgan fingerprint density at radius 2 is 2.00 bits per heavy atom. The molecule has 3 aromatic rings. The van der Waals surface area contributed by atoms with E-state index in [0.29, 0.717) is 5.69 Å². The number of methoxy groups -OCH3 is 1. The van der Waals surface area contributed by atoms with Crippen LogP contribution in [0.4, 0.5) is 0 Å². The second-order valence-electron chi connectivity index (χ2n) is 7.94. The van der Waals surface area contributed by atoms with Gasteiger partial charge in [0.05, 0.1) is 13.2 Å². The van der Waals surface area contributed by atoms with Crippen LogP contribution < -0.4 is 10.1 Å². The molecule has 0 unspecified atom stereocenters. The molecular formula is C22H26N4O2. The van der Waals surface area contributed by atoms with Crippen LogP contribution in [0.25, 0.3) is 10.9 Å². The minimum absolute atomic E-state index is 0.00669. The zero-order valence-corrected chi connectivity index (χ0v) is 16.2. The summed E-state index contributed by atoms with van der Waals surface area (Å²) in [6.07, 6.45) is 8.46. The van der Waals surface area contributed by atoms with Crippen molar-refractivity contribution in [2.75, 3.05) is 7.11 Å². The average molecular weight is 378 g/mol. The van der Waals surface area contributed by atoms with Crippen LogP contribution in [0.3, 0.4) is 0 Å². The zero-order valence-electron chi connectivity index (χ0n) is 16.2. The summed E-state index contributed by atoms with van der Waals surface area (Å²) in [4.78, 5) is 16.6. The van der Waals surface area contributed by atoms with Crippen molar-refractivity contribution in [1.29, 1.82) is 0 Å². The lowest BCUT2D eigenvalue weighted by Gasteiger charge is -2.23. The Balaban J connectivity index is 1.44. The lowest BCUT2D eigenvalue weighted by Crippen LogP contribution is -2.32. The largest absolute Gasteiger partial charge is 0.497 e. The van der Waals surface area contributed by atoms with Crippen LogP contribution in [-0.2, 0) is 19.3 Å². The van der Waals surface area contributed by atoms with Gasteiger partial charge in [0, 0.05) is 27.9 Å². The van der Waals surface area contributed by atoms with Crippen LogP contribution in [0.5, 0.6) is 5.75 Å². The molecule has 1 atom stereocenters. The number of rotatable bonds is 3. The summed E-state index contributed by atoms with van der Waals surface area (Å²) in [7, 11) is 1.69. The minimum Gasteiger partial charge on any atom is -0.497 e. The number of nitrogens with one attached hydrogen (secondary N) is 3. The monoisotopic (exact) mass is 378 g/mol. The van der Waals surface area contributed by atoms with E-state index in [0.717, 1.165) is 66.7 Å². The standard InChI is InChI=1S/C22H26N4O2/c1-28-13-10-11-17-16(12-13)14-7-5-9-19(20(14)23-17)24-22(27)21-15-6-3-2-4-8-18(15)25-26-21/h10-12,19,23H,2-9H2,1H3,(H,24,27)(H,25,26)/t19-/m1/s1. The van der Waals surface area contributed by atoms with Crippen molar-refractivity contribution in [2.24, 2.45) is 0 Å². The normalized spacial score (nSPS) is 19.0. The number of ether oxygens (including phenoxy) is 1. The van der Waals surface area contributed by atoms with E-state index in [1.165, 1.54) is 23.8 Å². The van der Waals surface area contributed by atoms with E-state index < -0.39 is 0 Å². The van der Waals surface area contributed by atoms with Crippen molar-refractivity contribution in [3.05, 3.63) is 46.4 Å². The first kappa shape index (κ1) is 17.3. The summed E-state index contributed by atoms with van der Waals surface area (Å²) in [6, 6.07) is 6.10. The van der Waals surface area contributed by atoms with Crippen molar-refractivity contribution >= 4 is 16.8 Å². The molecule has 0 saturated heterocycles. The summed E-state index contributed by atoms with van der Waals surface area (Å²) in [5, 5.41) is 11.9. The molecule has 6 heteroatoms. The highest BCUT2D eigenvalue weighted by molar-refractivity contribution is 5.94. The number of nitrogens with zero attached hydrogens (tertiary/aromatic N) is 1. The summed E-state index contributed by atoms with van der Waals surface area (Å²) in [6.45, 7) is 0. The molecule has 2 heterocycles. The van der Waals surface area contributed by atoms with Crippen LogP contribution in [0.2, 0.25) is 0 Å². The zero-order chi connectivity index (χ0) is 19.1. The maximum absolute atomic E-state index is 13.1. The Morgan fingerprint density at radius 1 is 1.14 bits per heavy atom. The molecule has 0 fully saturated rings. The quantitative estimate of drug-likeness (QED) is 0.603. The highest BCUT2D eigenvalue weighted by Crippen LogP contribution is 2.36. The van der Waals surface area contributed by atoms with Gasteiger partial charge in [0.15, 0.2) is 5.69 Å². The molecule has 5 rings (SSSR count). The number of aromatic amines is 2. The fraction of sp³-hybridized carbons (Fsp3) is 0.455. The second-order valence-corrected chi connectivity index (χ2v) is 7.94. The Bertz CT molecular complexity index is 1030. The predicted molar refractivity (Wildman–Crippen MR) is 108 cm³/mol. The van der Waals surface area contributed by atoms with Gasteiger partial charge in [-0.1, -0.05) is 6.42 Å². The Morgan fingerprint density at radius 3 is 2.89 bits per heavy atom. The van der Waals surface area contributed by atoms with Gasteiger partial charge in [0.1, 0.15) is 5.75 Å². The van der Waals surface area contributed by atoms with Gasteiger partial charge in [-0.25, -0.2) is 0 Å². The van der Waals surface area contributed by atoms with E-state index in [-0.39, 0.29) is 11.9 Å². The fourth-order valence-corrected chi connectivity index (χ4v) is 4.79. The molecule has 6 nitrogen and oxygen atoms in total. The van der Waals surface area contributed by atoms with Gasteiger partial charge in [-0.05, 0) is 68.7 Å². The third-order valence-electron chi connectivity index (χ3n) is 6.24. The molecule has 1 amide bonds. The number of benzene rings is 1. The highest BCUT2D eigenvalue weighted by atomic mass is 16.5. The second kappa shape index (κ2) is 7.00. The average Bonchev–Trinajstić information content (AvgIpc) is 3.21. The van der Waals surface area contributed by atoms with Crippen molar-refractivity contribution in [3.8, 4) is 5.75 Å². The smallest absolute Gasteiger partial charge is 0.272 e. The first-order chi connectivity index (χ1) is 13.7. The first-order valence-corrected chi connectivity index (χ1v) is 10.3. The Kier molecular flexibility index (Phi) is 4.34. The maximum atomic E-state index is 13.1. The van der Waals surface area contributed by atoms with Gasteiger partial charge < -0.3 is 15.0 Å². The molecular weight excluding hydrogens is 352 g/mol. The SMILES string of the molecule is COc1ccc2[nH]c3c(c2c1)CCC[C@H]3NC(=O)c1n[nH]c2c1CCCCC2. The molecule has 2 aromatic heterocycles. The maximum Gasteiger partial charge on any atom is 0.272 e. The van der Waals surface area contributed by atoms with E-state index in [2.05, 4.69) is 32.6 Å². The number of aromatic nitrogens is 3. The number of aryl methyl sites for hydroxylation is 2. The molecule has 0 aliphatic heterocycles. The van der Waals surface area contributed by atoms with Gasteiger partial charge in [0.2, 0.25) is 0 Å². The van der Waals surface area contributed by atoms with Gasteiger partial charge in [-0.2, -0.15) is 5.10 Å². The molecule has 28 heavy (non-hydrogen) atoms. The Hall–Kier alpha value is -2.76. The van der Waals surface area contributed by atoms with Crippen molar-refractivity contribution < 1.29 is 9.53 Å². The molecule has 146 valence electrons. The lowest BCUT2D eigenvalue weighted by atomic mass is 9.91.